The number of aromatic nitrogens is 1. The molecule has 2 heterocycles. The number of anilines is 1. The van der Waals surface area contributed by atoms with Crippen LogP contribution in [0.5, 0.6) is 0 Å². The van der Waals surface area contributed by atoms with Crippen LogP contribution in [-0.2, 0) is 5.88 Å². The fourth-order valence-corrected chi connectivity index (χ4v) is 2.33. The minimum absolute atomic E-state index is 0.560. The van der Waals surface area contributed by atoms with Crippen molar-refractivity contribution in [2.45, 2.75) is 12.3 Å². The minimum atomic E-state index is 0.560. The number of pyridine rings is 1. The van der Waals surface area contributed by atoms with Crippen molar-refractivity contribution in [1.82, 2.24) is 9.88 Å². The van der Waals surface area contributed by atoms with Crippen molar-refractivity contribution in [2.24, 2.45) is 0 Å². The van der Waals surface area contributed by atoms with E-state index in [9.17, 15) is 0 Å². The van der Waals surface area contributed by atoms with Gasteiger partial charge in [0.15, 0.2) is 0 Å². The van der Waals surface area contributed by atoms with Crippen molar-refractivity contribution in [3.05, 3.63) is 24.0 Å². The molecule has 16 heavy (non-hydrogen) atoms. The topological polar surface area (TPSA) is 19.4 Å². The minimum Gasteiger partial charge on any atom is -0.369 e. The molecular formula is C12H18ClN3. The third kappa shape index (κ3) is 2.66. The van der Waals surface area contributed by atoms with Gasteiger partial charge in [-0.25, -0.2) is 0 Å². The Kier molecular flexibility index (Phi) is 4.02. The van der Waals surface area contributed by atoms with Gasteiger partial charge in [0.25, 0.3) is 0 Å². The molecule has 0 N–H and O–H groups in total. The maximum Gasteiger partial charge on any atom is 0.0597 e. The summed E-state index contributed by atoms with van der Waals surface area (Å²) in [6.07, 6.45) is 4.95. The van der Waals surface area contributed by atoms with Crippen molar-refractivity contribution in [1.29, 1.82) is 0 Å². The van der Waals surface area contributed by atoms with E-state index in [-0.39, 0.29) is 0 Å². The molecule has 1 fully saturated rings. The van der Waals surface area contributed by atoms with Crippen LogP contribution in [-0.4, -0.2) is 43.1 Å². The third-order valence-electron chi connectivity index (χ3n) is 3.09. The highest BCUT2D eigenvalue weighted by atomic mass is 35.5. The van der Waals surface area contributed by atoms with Crippen molar-refractivity contribution >= 4 is 17.3 Å². The Balaban J connectivity index is 2.16. The highest BCUT2D eigenvalue weighted by Crippen LogP contribution is 2.21. The number of likely N-dealkylation sites (N-methyl/N-ethyl adjacent to an activating group) is 1. The highest BCUT2D eigenvalue weighted by molar-refractivity contribution is 6.17. The summed E-state index contributed by atoms with van der Waals surface area (Å²) in [5.41, 5.74) is 2.38. The smallest absolute Gasteiger partial charge is 0.0597 e. The fraction of sp³-hybridized carbons (Fsp3) is 0.583. The van der Waals surface area contributed by atoms with Gasteiger partial charge in [-0.1, -0.05) is 0 Å². The lowest BCUT2D eigenvalue weighted by Crippen LogP contribution is -2.29. The van der Waals surface area contributed by atoms with Gasteiger partial charge >= 0.3 is 0 Å². The van der Waals surface area contributed by atoms with Gasteiger partial charge in [-0.3, -0.25) is 4.98 Å². The number of alkyl halides is 1. The Hall–Kier alpha value is -0.800. The average Bonchev–Trinajstić information content (AvgIpc) is 2.54. The Morgan fingerprint density at radius 2 is 2.19 bits per heavy atom. The molecule has 0 spiro atoms. The van der Waals surface area contributed by atoms with E-state index in [4.69, 9.17) is 11.6 Å². The molecule has 1 aliphatic rings. The lowest BCUT2D eigenvalue weighted by atomic mass is 10.2. The molecule has 1 saturated heterocycles. The molecule has 0 bridgehead atoms. The first kappa shape index (κ1) is 11.7. The molecule has 3 nitrogen and oxygen atoms in total. The molecule has 0 aromatic carbocycles. The maximum atomic E-state index is 5.96. The van der Waals surface area contributed by atoms with Crippen molar-refractivity contribution in [2.75, 3.05) is 38.1 Å². The summed E-state index contributed by atoms with van der Waals surface area (Å²) >= 11 is 5.96. The molecule has 0 unspecified atom stereocenters. The summed E-state index contributed by atoms with van der Waals surface area (Å²) < 4.78 is 0. The van der Waals surface area contributed by atoms with E-state index in [1.54, 1.807) is 0 Å². The maximum absolute atomic E-state index is 5.96. The van der Waals surface area contributed by atoms with E-state index in [2.05, 4.69) is 21.8 Å². The standard InChI is InChI=1S/C12H18ClN3/c1-15-5-2-6-16(8-7-15)12-10-14-4-3-11(12)9-13/h3-4,10H,2,5-9H2,1H3. The quantitative estimate of drug-likeness (QED) is 0.736. The van der Waals surface area contributed by atoms with Crippen LogP contribution in [0.2, 0.25) is 0 Å². The van der Waals surface area contributed by atoms with Gasteiger partial charge < -0.3 is 9.80 Å². The Morgan fingerprint density at radius 3 is 3.00 bits per heavy atom. The zero-order valence-electron chi connectivity index (χ0n) is 9.69. The lowest BCUT2D eigenvalue weighted by Gasteiger charge is -2.24. The van der Waals surface area contributed by atoms with E-state index < -0.39 is 0 Å². The lowest BCUT2D eigenvalue weighted by molar-refractivity contribution is 0.360. The van der Waals surface area contributed by atoms with Gasteiger partial charge in [0.2, 0.25) is 0 Å². The van der Waals surface area contributed by atoms with Gasteiger partial charge in [-0.15, -0.1) is 11.6 Å². The van der Waals surface area contributed by atoms with Crippen LogP contribution in [0.15, 0.2) is 18.5 Å². The molecule has 1 aliphatic heterocycles. The van der Waals surface area contributed by atoms with Crippen LogP contribution in [0, 0.1) is 0 Å². The van der Waals surface area contributed by atoms with Crippen LogP contribution < -0.4 is 4.90 Å². The van der Waals surface area contributed by atoms with E-state index >= 15 is 0 Å². The molecule has 88 valence electrons. The van der Waals surface area contributed by atoms with E-state index in [0.29, 0.717) is 5.88 Å². The largest absolute Gasteiger partial charge is 0.369 e. The molecule has 0 radical (unpaired) electrons. The molecular weight excluding hydrogens is 222 g/mol. The van der Waals surface area contributed by atoms with Crippen LogP contribution in [0.25, 0.3) is 0 Å². The fourth-order valence-electron chi connectivity index (χ4n) is 2.10. The zero-order valence-corrected chi connectivity index (χ0v) is 10.5. The molecule has 0 aliphatic carbocycles. The first-order chi connectivity index (χ1) is 7.81. The summed E-state index contributed by atoms with van der Waals surface area (Å²) in [6.45, 7) is 4.44. The summed E-state index contributed by atoms with van der Waals surface area (Å²) in [4.78, 5) is 8.97. The normalized spacial score (nSPS) is 18.5. The number of hydrogen-bond donors (Lipinski definition) is 0. The Bertz CT molecular complexity index is 343. The zero-order chi connectivity index (χ0) is 11.4. The molecule has 4 heteroatoms. The second-order valence-electron chi connectivity index (χ2n) is 4.28. The van der Waals surface area contributed by atoms with Crippen molar-refractivity contribution < 1.29 is 0 Å². The van der Waals surface area contributed by atoms with Gasteiger partial charge in [0.1, 0.15) is 0 Å². The molecule has 0 saturated carbocycles. The summed E-state index contributed by atoms with van der Waals surface area (Å²) in [7, 11) is 2.18. The SMILES string of the molecule is CN1CCCN(c2cnccc2CCl)CC1. The molecule has 2 rings (SSSR count). The van der Waals surface area contributed by atoms with Gasteiger partial charge in [0, 0.05) is 31.7 Å². The molecule has 1 aromatic heterocycles. The van der Waals surface area contributed by atoms with Crippen LogP contribution in [0.4, 0.5) is 5.69 Å². The number of halogens is 1. The van der Waals surface area contributed by atoms with Gasteiger partial charge in [-0.2, -0.15) is 0 Å². The van der Waals surface area contributed by atoms with Crippen LogP contribution >= 0.6 is 11.6 Å². The Morgan fingerprint density at radius 1 is 1.31 bits per heavy atom. The second-order valence-corrected chi connectivity index (χ2v) is 4.55. The predicted octanol–water partition coefficient (Wildman–Crippen LogP) is 1.96. The van der Waals surface area contributed by atoms with E-state index in [1.807, 2.05) is 18.5 Å². The predicted molar refractivity (Wildman–Crippen MR) is 68.1 cm³/mol. The number of nitrogens with zero attached hydrogens (tertiary/aromatic N) is 3. The monoisotopic (exact) mass is 239 g/mol. The van der Waals surface area contributed by atoms with Crippen molar-refractivity contribution in [3.63, 3.8) is 0 Å². The molecule has 0 amide bonds. The van der Waals surface area contributed by atoms with Crippen molar-refractivity contribution in [3.8, 4) is 0 Å². The summed E-state index contributed by atoms with van der Waals surface area (Å²) in [5, 5.41) is 0. The third-order valence-corrected chi connectivity index (χ3v) is 3.38. The van der Waals surface area contributed by atoms with Crippen LogP contribution in [0.3, 0.4) is 0 Å². The number of hydrogen-bond acceptors (Lipinski definition) is 3. The molecule has 1 aromatic rings. The van der Waals surface area contributed by atoms with Crippen LogP contribution in [0.1, 0.15) is 12.0 Å². The second kappa shape index (κ2) is 5.51. The molecule has 0 atom stereocenters. The average molecular weight is 240 g/mol. The number of rotatable bonds is 2. The highest BCUT2D eigenvalue weighted by Gasteiger charge is 2.14. The summed E-state index contributed by atoms with van der Waals surface area (Å²) in [5.74, 6) is 0.560. The Labute approximate surface area is 102 Å². The first-order valence-corrected chi connectivity index (χ1v) is 6.27. The van der Waals surface area contributed by atoms with E-state index in [0.717, 1.165) is 19.6 Å². The van der Waals surface area contributed by atoms with E-state index in [1.165, 1.54) is 24.2 Å². The van der Waals surface area contributed by atoms with Gasteiger partial charge in [0.05, 0.1) is 11.9 Å². The summed E-state index contributed by atoms with van der Waals surface area (Å²) in [6, 6.07) is 2.01. The van der Waals surface area contributed by atoms with Gasteiger partial charge in [-0.05, 0) is 31.6 Å². The first-order valence-electron chi connectivity index (χ1n) is 5.73.